The van der Waals surface area contributed by atoms with Crippen LogP contribution in [0.25, 0.3) is 0 Å². The molecule has 0 bridgehead atoms. The standard InChI is InChI=1S/C20H24N2O3S/c1-4-6-18-22(20(24)17-7-5-10-25-17)16(12-26-18)19(23)21-15-9-8-13(2)14(3)11-15/h5,7-11,16,18H,4,6,12H2,1-3H3,(H,21,23). The molecular formula is C20H24N2O3S. The molecule has 1 aromatic carbocycles. The van der Waals surface area contributed by atoms with Gasteiger partial charge in [0.2, 0.25) is 5.91 Å². The first kappa shape index (κ1) is 18.6. The fraction of sp³-hybridized carbons (Fsp3) is 0.400. The Morgan fingerprint density at radius 2 is 2.08 bits per heavy atom. The van der Waals surface area contributed by atoms with Gasteiger partial charge in [0.25, 0.3) is 5.91 Å². The molecule has 1 saturated heterocycles. The first-order valence-electron chi connectivity index (χ1n) is 8.87. The number of furan rings is 1. The Labute approximate surface area is 158 Å². The van der Waals surface area contributed by atoms with Crippen molar-refractivity contribution in [1.29, 1.82) is 0 Å². The smallest absolute Gasteiger partial charge is 0.291 e. The predicted octanol–water partition coefficient (Wildman–Crippen LogP) is 4.22. The van der Waals surface area contributed by atoms with E-state index in [1.165, 1.54) is 11.8 Å². The highest BCUT2D eigenvalue weighted by Gasteiger charge is 2.42. The van der Waals surface area contributed by atoms with Crippen LogP contribution in [0.3, 0.4) is 0 Å². The fourth-order valence-electron chi connectivity index (χ4n) is 3.08. The number of amides is 2. The minimum absolute atomic E-state index is 0.00639. The lowest BCUT2D eigenvalue weighted by atomic mass is 10.1. The van der Waals surface area contributed by atoms with Crippen molar-refractivity contribution in [2.24, 2.45) is 0 Å². The molecule has 0 aliphatic carbocycles. The Morgan fingerprint density at radius 3 is 2.73 bits per heavy atom. The van der Waals surface area contributed by atoms with Gasteiger partial charge in [0.1, 0.15) is 6.04 Å². The molecule has 1 aliphatic heterocycles. The molecule has 6 heteroatoms. The summed E-state index contributed by atoms with van der Waals surface area (Å²) < 4.78 is 5.28. The van der Waals surface area contributed by atoms with Crippen LogP contribution < -0.4 is 5.32 Å². The van der Waals surface area contributed by atoms with Crippen molar-refractivity contribution in [3.63, 3.8) is 0 Å². The average molecular weight is 372 g/mol. The second kappa shape index (κ2) is 7.99. The largest absolute Gasteiger partial charge is 0.459 e. The normalized spacial score (nSPS) is 19.6. The fourth-order valence-corrected chi connectivity index (χ4v) is 4.60. The van der Waals surface area contributed by atoms with Crippen LogP contribution in [-0.4, -0.2) is 33.9 Å². The van der Waals surface area contributed by atoms with E-state index in [4.69, 9.17) is 4.42 Å². The number of nitrogens with one attached hydrogen (secondary N) is 1. The molecule has 26 heavy (non-hydrogen) atoms. The summed E-state index contributed by atoms with van der Waals surface area (Å²) in [6.07, 6.45) is 3.28. The highest BCUT2D eigenvalue weighted by atomic mass is 32.2. The monoisotopic (exact) mass is 372 g/mol. The highest BCUT2D eigenvalue weighted by Crippen LogP contribution is 2.34. The topological polar surface area (TPSA) is 62.6 Å². The Balaban J connectivity index is 1.80. The van der Waals surface area contributed by atoms with E-state index in [1.807, 2.05) is 32.0 Å². The molecule has 5 nitrogen and oxygen atoms in total. The number of benzene rings is 1. The van der Waals surface area contributed by atoms with Gasteiger partial charge in [-0.1, -0.05) is 19.4 Å². The zero-order valence-electron chi connectivity index (χ0n) is 15.3. The van der Waals surface area contributed by atoms with Crippen molar-refractivity contribution in [3.05, 3.63) is 53.5 Å². The third-order valence-corrected chi connectivity index (χ3v) is 6.03. The Bertz CT molecular complexity index is 788. The Morgan fingerprint density at radius 1 is 1.27 bits per heavy atom. The number of hydrogen-bond donors (Lipinski definition) is 1. The molecule has 138 valence electrons. The molecule has 2 heterocycles. The summed E-state index contributed by atoms with van der Waals surface area (Å²) in [6, 6.07) is 8.67. The number of rotatable bonds is 5. The molecule has 1 fully saturated rings. The average Bonchev–Trinajstić information content (AvgIpc) is 3.28. The van der Waals surface area contributed by atoms with Crippen molar-refractivity contribution >= 4 is 29.3 Å². The van der Waals surface area contributed by atoms with Crippen LogP contribution in [0.5, 0.6) is 0 Å². The van der Waals surface area contributed by atoms with Crippen LogP contribution in [0, 0.1) is 13.8 Å². The molecule has 0 saturated carbocycles. The van der Waals surface area contributed by atoms with Crippen LogP contribution in [0.15, 0.2) is 41.0 Å². The highest BCUT2D eigenvalue weighted by molar-refractivity contribution is 8.00. The summed E-state index contributed by atoms with van der Waals surface area (Å²) >= 11 is 1.66. The maximum absolute atomic E-state index is 12.9. The first-order valence-corrected chi connectivity index (χ1v) is 9.92. The molecule has 2 amide bonds. The van der Waals surface area contributed by atoms with Crippen molar-refractivity contribution < 1.29 is 14.0 Å². The molecule has 2 aromatic rings. The van der Waals surface area contributed by atoms with E-state index in [1.54, 1.807) is 28.8 Å². The zero-order valence-corrected chi connectivity index (χ0v) is 16.1. The lowest BCUT2D eigenvalue weighted by Gasteiger charge is -2.28. The van der Waals surface area contributed by atoms with Crippen LogP contribution >= 0.6 is 11.8 Å². The maximum atomic E-state index is 12.9. The van der Waals surface area contributed by atoms with Crippen molar-refractivity contribution in [1.82, 2.24) is 4.90 Å². The molecular weight excluding hydrogens is 348 g/mol. The minimum atomic E-state index is -0.504. The summed E-state index contributed by atoms with van der Waals surface area (Å²) in [7, 11) is 0. The van der Waals surface area contributed by atoms with Crippen molar-refractivity contribution in [3.8, 4) is 0 Å². The summed E-state index contributed by atoms with van der Waals surface area (Å²) in [5.74, 6) is 0.490. The van der Waals surface area contributed by atoms with Crippen molar-refractivity contribution in [2.75, 3.05) is 11.1 Å². The van der Waals surface area contributed by atoms with E-state index in [-0.39, 0.29) is 22.9 Å². The summed E-state index contributed by atoms with van der Waals surface area (Å²) in [6.45, 7) is 6.13. The van der Waals surface area contributed by atoms with E-state index in [0.29, 0.717) is 5.75 Å². The van der Waals surface area contributed by atoms with Gasteiger partial charge in [0.05, 0.1) is 11.6 Å². The lowest BCUT2D eigenvalue weighted by molar-refractivity contribution is -0.119. The van der Waals surface area contributed by atoms with E-state index >= 15 is 0 Å². The Kier molecular flexibility index (Phi) is 5.71. The molecule has 2 unspecified atom stereocenters. The number of carbonyl (C=O) groups is 2. The number of thioether (sulfide) groups is 1. The minimum Gasteiger partial charge on any atom is -0.459 e. The number of aryl methyl sites for hydroxylation is 2. The van der Waals surface area contributed by atoms with Gasteiger partial charge in [-0.15, -0.1) is 11.8 Å². The van der Waals surface area contributed by atoms with Crippen LogP contribution in [0.4, 0.5) is 5.69 Å². The Hall–Kier alpha value is -2.21. The molecule has 0 spiro atoms. The number of carbonyl (C=O) groups excluding carboxylic acids is 2. The number of nitrogens with zero attached hydrogens (tertiary/aromatic N) is 1. The van der Waals surface area contributed by atoms with Gasteiger partial charge in [0, 0.05) is 11.4 Å². The van der Waals surface area contributed by atoms with Gasteiger partial charge in [-0.3, -0.25) is 9.59 Å². The van der Waals surface area contributed by atoms with Crippen molar-refractivity contribution in [2.45, 2.75) is 45.0 Å². The molecule has 2 atom stereocenters. The van der Waals surface area contributed by atoms with E-state index < -0.39 is 6.04 Å². The second-order valence-electron chi connectivity index (χ2n) is 6.57. The summed E-state index contributed by atoms with van der Waals surface area (Å²) in [5.41, 5.74) is 3.06. The van der Waals surface area contributed by atoms with Crippen LogP contribution in [0.1, 0.15) is 41.4 Å². The van der Waals surface area contributed by atoms with E-state index in [9.17, 15) is 9.59 Å². The first-order chi connectivity index (χ1) is 12.5. The SMILES string of the molecule is CCCC1SCC(C(=O)Nc2ccc(C)c(C)c2)N1C(=O)c1ccco1. The quantitative estimate of drug-likeness (QED) is 0.854. The van der Waals surface area contributed by atoms with Gasteiger partial charge in [-0.2, -0.15) is 0 Å². The number of anilines is 1. The third-order valence-electron chi connectivity index (χ3n) is 4.67. The second-order valence-corrected chi connectivity index (χ2v) is 7.78. The van der Waals surface area contributed by atoms with Crippen LogP contribution in [0.2, 0.25) is 0 Å². The molecule has 1 aromatic heterocycles. The van der Waals surface area contributed by atoms with Gasteiger partial charge in [0.15, 0.2) is 5.76 Å². The third kappa shape index (κ3) is 3.80. The van der Waals surface area contributed by atoms with Gasteiger partial charge in [-0.25, -0.2) is 0 Å². The summed E-state index contributed by atoms with van der Waals surface area (Å²) in [5, 5.41) is 2.96. The van der Waals surface area contributed by atoms with E-state index in [2.05, 4.69) is 12.2 Å². The molecule has 1 N–H and O–H groups in total. The number of hydrogen-bond acceptors (Lipinski definition) is 4. The summed E-state index contributed by atoms with van der Waals surface area (Å²) in [4.78, 5) is 27.5. The van der Waals surface area contributed by atoms with Gasteiger partial charge in [-0.05, 0) is 55.7 Å². The molecule has 3 rings (SSSR count). The van der Waals surface area contributed by atoms with Crippen LogP contribution in [-0.2, 0) is 4.79 Å². The van der Waals surface area contributed by atoms with Gasteiger partial charge >= 0.3 is 0 Å². The maximum Gasteiger partial charge on any atom is 0.291 e. The zero-order chi connectivity index (χ0) is 18.7. The van der Waals surface area contributed by atoms with Gasteiger partial charge < -0.3 is 14.6 Å². The lowest BCUT2D eigenvalue weighted by Crippen LogP contribution is -2.47. The predicted molar refractivity (Wildman–Crippen MR) is 104 cm³/mol. The molecule has 0 radical (unpaired) electrons. The molecule has 1 aliphatic rings. The van der Waals surface area contributed by atoms with E-state index in [0.717, 1.165) is 24.1 Å².